The molecule has 1 aliphatic heterocycles. The van der Waals surface area contributed by atoms with Crippen molar-refractivity contribution in [3.8, 4) is 0 Å². The molecule has 1 aromatic rings. The third-order valence-electron chi connectivity index (χ3n) is 3.41. The molecule has 6 nitrogen and oxygen atoms in total. The number of halogens is 1. The number of hydrogen-bond donors (Lipinski definition) is 2. The monoisotopic (exact) mass is 458 g/mol. The van der Waals surface area contributed by atoms with E-state index >= 15 is 0 Å². The molecule has 0 bridgehead atoms. The number of benzene rings is 1. The van der Waals surface area contributed by atoms with Crippen molar-refractivity contribution in [1.29, 1.82) is 0 Å². The molecule has 1 aliphatic rings. The van der Waals surface area contributed by atoms with Crippen molar-refractivity contribution < 1.29 is 9.59 Å². The Labute approximate surface area is 159 Å². The van der Waals surface area contributed by atoms with Crippen LogP contribution in [0.2, 0.25) is 0 Å². The molecule has 0 unspecified atom stereocenters. The molecule has 1 fully saturated rings. The highest BCUT2D eigenvalue weighted by molar-refractivity contribution is 14.1. The lowest BCUT2D eigenvalue weighted by atomic mass is 10.1. The zero-order valence-corrected chi connectivity index (χ0v) is 16.6. The first-order valence-electron chi connectivity index (χ1n) is 7.50. The van der Waals surface area contributed by atoms with Gasteiger partial charge in [0.1, 0.15) is 5.25 Å². The van der Waals surface area contributed by atoms with Crippen LogP contribution in [0, 0.1) is 9.49 Å². The van der Waals surface area contributed by atoms with Crippen LogP contribution < -0.4 is 10.6 Å². The predicted molar refractivity (Wildman–Crippen MR) is 107 cm³/mol. The fourth-order valence-corrected chi connectivity index (χ4v) is 3.02. The summed E-state index contributed by atoms with van der Waals surface area (Å²) in [6.45, 7) is 5.94. The van der Waals surface area contributed by atoms with Crippen LogP contribution in [0.4, 0.5) is 5.69 Å². The van der Waals surface area contributed by atoms with Crippen LogP contribution in [0.3, 0.4) is 0 Å². The third-order valence-corrected chi connectivity index (χ3v) is 5.20. The fourth-order valence-electron chi connectivity index (χ4n) is 1.74. The number of amidine groups is 1. The Morgan fingerprint density at radius 3 is 2.67 bits per heavy atom. The van der Waals surface area contributed by atoms with Gasteiger partial charge in [-0.3, -0.25) is 9.59 Å². The number of rotatable bonds is 5. The highest BCUT2D eigenvalue weighted by Crippen LogP contribution is 2.23. The molecule has 0 aromatic heterocycles. The van der Waals surface area contributed by atoms with Gasteiger partial charge in [0.05, 0.1) is 0 Å². The first kappa shape index (κ1) is 18.9. The summed E-state index contributed by atoms with van der Waals surface area (Å²) in [6.07, 6.45) is 0.0917. The molecule has 2 N–H and O–H groups in total. The summed E-state index contributed by atoms with van der Waals surface area (Å²) < 4.78 is 1.09. The molecule has 0 saturated carbocycles. The lowest BCUT2D eigenvalue weighted by molar-refractivity contribution is -0.122. The van der Waals surface area contributed by atoms with Gasteiger partial charge in [0.25, 0.3) is 0 Å². The van der Waals surface area contributed by atoms with Gasteiger partial charge in [0.2, 0.25) is 11.8 Å². The van der Waals surface area contributed by atoms with Gasteiger partial charge in [-0.2, -0.15) is 5.10 Å². The summed E-state index contributed by atoms with van der Waals surface area (Å²) in [4.78, 5) is 24.0. The first-order chi connectivity index (χ1) is 11.3. The first-order valence-corrected chi connectivity index (χ1v) is 9.46. The Kier molecular flexibility index (Phi) is 6.79. The maximum atomic E-state index is 12.1. The largest absolute Gasteiger partial charge is 0.326 e. The van der Waals surface area contributed by atoms with Gasteiger partial charge in [-0.05, 0) is 59.7 Å². The van der Waals surface area contributed by atoms with E-state index in [4.69, 9.17) is 0 Å². The summed E-state index contributed by atoms with van der Waals surface area (Å²) >= 11 is 3.43. The Morgan fingerprint density at radius 1 is 1.38 bits per heavy atom. The minimum Gasteiger partial charge on any atom is -0.326 e. The van der Waals surface area contributed by atoms with Gasteiger partial charge in [0.15, 0.2) is 5.17 Å². The number of carbonyl (C=O) groups excluding carboxylic acids is 2. The maximum absolute atomic E-state index is 12.1. The summed E-state index contributed by atoms with van der Waals surface area (Å²) in [7, 11) is 0. The van der Waals surface area contributed by atoms with E-state index in [1.165, 1.54) is 11.8 Å². The van der Waals surface area contributed by atoms with Crippen molar-refractivity contribution >= 4 is 62.7 Å². The van der Waals surface area contributed by atoms with Crippen LogP contribution in [-0.4, -0.2) is 27.9 Å². The van der Waals surface area contributed by atoms with E-state index in [1.807, 2.05) is 45.0 Å². The molecule has 2 amide bonds. The molecule has 1 atom stereocenters. The minimum absolute atomic E-state index is 0.0917. The number of amides is 2. The summed E-state index contributed by atoms with van der Waals surface area (Å²) in [5.74, 6) is -0.118. The third kappa shape index (κ3) is 5.59. The predicted octanol–water partition coefficient (Wildman–Crippen LogP) is 3.24. The van der Waals surface area contributed by atoms with Gasteiger partial charge < -0.3 is 10.6 Å². The number of thioether (sulfide) groups is 1. The van der Waals surface area contributed by atoms with E-state index in [0.29, 0.717) is 11.1 Å². The number of nitrogens with one attached hydrogen (secondary N) is 2. The molecule has 128 valence electrons. The molecule has 0 spiro atoms. The van der Waals surface area contributed by atoms with Crippen LogP contribution in [0.15, 0.2) is 34.5 Å². The fraction of sp³-hybridized carbons (Fsp3) is 0.375. The molecular weight excluding hydrogens is 439 g/mol. The van der Waals surface area contributed by atoms with Crippen molar-refractivity contribution in [2.24, 2.45) is 16.1 Å². The van der Waals surface area contributed by atoms with E-state index in [0.717, 1.165) is 15.0 Å². The molecule has 1 aromatic carbocycles. The van der Waals surface area contributed by atoms with Crippen LogP contribution in [0.5, 0.6) is 0 Å². The number of hydrogen-bond acceptors (Lipinski definition) is 5. The second-order valence-corrected chi connectivity index (χ2v) is 8.09. The second kappa shape index (κ2) is 8.61. The highest BCUT2D eigenvalue weighted by atomic mass is 127. The minimum atomic E-state index is -0.484. The zero-order valence-electron chi connectivity index (χ0n) is 13.7. The van der Waals surface area contributed by atoms with E-state index in [-0.39, 0.29) is 18.2 Å². The molecule has 8 heteroatoms. The number of carbonyl (C=O) groups is 2. The summed E-state index contributed by atoms with van der Waals surface area (Å²) in [6, 6.07) is 7.48. The molecular formula is C16H19IN4O2S. The Hall–Kier alpha value is -1.42. The highest BCUT2D eigenvalue weighted by Gasteiger charge is 2.32. The second-order valence-electron chi connectivity index (χ2n) is 5.66. The lowest BCUT2D eigenvalue weighted by Gasteiger charge is -2.07. The SMILES string of the molecule is C/C(=N/N=C1\NC(=O)[C@H](CC(=O)Nc2ccc(I)cc2)S1)C(C)C. The van der Waals surface area contributed by atoms with Crippen molar-refractivity contribution in [2.75, 3.05) is 5.32 Å². The Bertz CT molecular complexity index is 686. The topological polar surface area (TPSA) is 82.9 Å². The average Bonchev–Trinajstić information content (AvgIpc) is 2.87. The molecule has 1 saturated heterocycles. The standard InChI is InChI=1S/C16H19IN4O2S/c1-9(2)10(3)20-21-16-19-15(23)13(24-16)8-14(22)18-12-6-4-11(17)5-7-12/h4-7,9,13H,8H2,1-3H3,(H,18,22)(H,19,21,23)/b20-10-/t13-/m0/s1. The van der Waals surface area contributed by atoms with Crippen LogP contribution in [-0.2, 0) is 9.59 Å². The summed E-state index contributed by atoms with van der Waals surface area (Å²) in [5.41, 5.74) is 1.60. The Morgan fingerprint density at radius 2 is 2.04 bits per heavy atom. The van der Waals surface area contributed by atoms with Gasteiger partial charge in [-0.1, -0.05) is 25.6 Å². The van der Waals surface area contributed by atoms with Crippen LogP contribution in [0.25, 0.3) is 0 Å². The molecule has 24 heavy (non-hydrogen) atoms. The van der Waals surface area contributed by atoms with Gasteiger partial charge in [-0.15, -0.1) is 5.10 Å². The quantitative estimate of drug-likeness (QED) is 0.404. The molecule has 2 rings (SSSR count). The number of anilines is 1. The smallest absolute Gasteiger partial charge is 0.240 e. The van der Waals surface area contributed by atoms with E-state index in [1.54, 1.807) is 0 Å². The summed E-state index contributed by atoms with van der Waals surface area (Å²) in [5, 5.41) is 13.6. The van der Waals surface area contributed by atoms with Crippen molar-refractivity contribution in [3.63, 3.8) is 0 Å². The molecule has 1 heterocycles. The van der Waals surface area contributed by atoms with E-state index < -0.39 is 5.25 Å². The zero-order chi connectivity index (χ0) is 17.7. The van der Waals surface area contributed by atoms with Crippen molar-refractivity contribution in [3.05, 3.63) is 27.8 Å². The van der Waals surface area contributed by atoms with E-state index in [2.05, 4.69) is 43.4 Å². The van der Waals surface area contributed by atoms with Crippen LogP contribution in [0.1, 0.15) is 27.2 Å². The van der Waals surface area contributed by atoms with Gasteiger partial charge >= 0.3 is 0 Å². The maximum Gasteiger partial charge on any atom is 0.240 e. The van der Waals surface area contributed by atoms with Gasteiger partial charge in [0, 0.05) is 21.4 Å². The van der Waals surface area contributed by atoms with Crippen molar-refractivity contribution in [2.45, 2.75) is 32.4 Å². The number of nitrogens with zero attached hydrogens (tertiary/aromatic N) is 2. The normalized spacial score (nSPS) is 19.7. The van der Waals surface area contributed by atoms with Crippen molar-refractivity contribution in [1.82, 2.24) is 5.32 Å². The average molecular weight is 458 g/mol. The van der Waals surface area contributed by atoms with E-state index in [9.17, 15) is 9.59 Å². The lowest BCUT2D eigenvalue weighted by Crippen LogP contribution is -2.28. The molecule has 0 radical (unpaired) electrons. The van der Waals surface area contributed by atoms with Crippen LogP contribution >= 0.6 is 34.4 Å². The van der Waals surface area contributed by atoms with Gasteiger partial charge in [-0.25, -0.2) is 0 Å². The molecule has 0 aliphatic carbocycles. The Balaban J connectivity index is 1.92.